The third-order valence-electron chi connectivity index (χ3n) is 5.06. The van der Waals surface area contributed by atoms with Crippen LogP contribution in [0.15, 0.2) is 54.7 Å². The molecule has 0 bridgehead atoms. The van der Waals surface area contributed by atoms with Gasteiger partial charge < -0.3 is 20.5 Å². The minimum absolute atomic E-state index is 0.234. The minimum Gasteiger partial charge on any atom is -0.372 e. The van der Waals surface area contributed by atoms with Gasteiger partial charge in [0.2, 0.25) is 11.8 Å². The topological polar surface area (TPSA) is 77.2 Å². The Morgan fingerprint density at radius 3 is 2.38 bits per heavy atom. The summed E-state index contributed by atoms with van der Waals surface area (Å²) in [4.78, 5) is 30.0. The molecule has 1 heterocycles. The van der Waals surface area contributed by atoms with Crippen LogP contribution in [0.2, 0.25) is 0 Å². The SMILES string of the molecule is CCN(CC)c1ccc(NC(=O)C(Cc2c[nH]c3ccccc23)NC(C)=O)cc1. The van der Waals surface area contributed by atoms with Crippen LogP contribution in [0.5, 0.6) is 0 Å². The number of H-pyrrole nitrogens is 1. The lowest BCUT2D eigenvalue weighted by atomic mass is 10.0. The molecule has 0 fully saturated rings. The number of nitrogens with one attached hydrogen (secondary N) is 3. The lowest BCUT2D eigenvalue weighted by Gasteiger charge is -2.21. The van der Waals surface area contributed by atoms with Crippen LogP contribution >= 0.6 is 0 Å². The summed E-state index contributed by atoms with van der Waals surface area (Å²) in [6.45, 7) is 7.51. The fraction of sp³-hybridized carbons (Fsp3) is 0.304. The Balaban J connectivity index is 1.74. The maximum Gasteiger partial charge on any atom is 0.247 e. The molecular formula is C23H28N4O2. The monoisotopic (exact) mass is 392 g/mol. The predicted molar refractivity (Wildman–Crippen MR) is 118 cm³/mol. The third-order valence-corrected chi connectivity index (χ3v) is 5.06. The van der Waals surface area contributed by atoms with E-state index in [4.69, 9.17) is 0 Å². The van der Waals surface area contributed by atoms with Crippen molar-refractivity contribution in [3.63, 3.8) is 0 Å². The molecule has 0 saturated carbocycles. The zero-order valence-corrected chi connectivity index (χ0v) is 17.2. The molecule has 0 aliphatic heterocycles. The summed E-state index contributed by atoms with van der Waals surface area (Å²) in [5, 5.41) is 6.76. The fourth-order valence-electron chi connectivity index (χ4n) is 3.55. The molecular weight excluding hydrogens is 364 g/mol. The van der Waals surface area contributed by atoms with Crippen molar-refractivity contribution >= 4 is 34.1 Å². The quantitative estimate of drug-likeness (QED) is 0.547. The van der Waals surface area contributed by atoms with Crippen LogP contribution < -0.4 is 15.5 Å². The number of aromatic nitrogens is 1. The normalized spacial score (nSPS) is 11.8. The highest BCUT2D eigenvalue weighted by Crippen LogP contribution is 2.21. The summed E-state index contributed by atoms with van der Waals surface area (Å²) < 4.78 is 0. The maximum absolute atomic E-state index is 12.9. The highest BCUT2D eigenvalue weighted by atomic mass is 16.2. The molecule has 152 valence electrons. The number of carbonyl (C=O) groups is 2. The van der Waals surface area contributed by atoms with E-state index in [-0.39, 0.29) is 11.8 Å². The molecule has 0 aliphatic carbocycles. The van der Waals surface area contributed by atoms with E-state index in [0.717, 1.165) is 35.2 Å². The number of anilines is 2. The van der Waals surface area contributed by atoms with E-state index in [2.05, 4.69) is 34.4 Å². The third kappa shape index (κ3) is 4.96. The van der Waals surface area contributed by atoms with Gasteiger partial charge in [0.1, 0.15) is 6.04 Å². The van der Waals surface area contributed by atoms with Gasteiger partial charge in [-0.25, -0.2) is 0 Å². The average Bonchev–Trinajstić information content (AvgIpc) is 3.12. The van der Waals surface area contributed by atoms with Gasteiger partial charge in [-0.1, -0.05) is 18.2 Å². The molecule has 3 rings (SSSR count). The maximum atomic E-state index is 12.9. The molecule has 0 radical (unpaired) electrons. The smallest absolute Gasteiger partial charge is 0.247 e. The summed E-state index contributed by atoms with van der Waals surface area (Å²) in [6.07, 6.45) is 2.30. The lowest BCUT2D eigenvalue weighted by Crippen LogP contribution is -2.44. The van der Waals surface area contributed by atoms with Gasteiger partial charge in [0, 0.05) is 54.9 Å². The minimum atomic E-state index is -0.658. The fourth-order valence-corrected chi connectivity index (χ4v) is 3.55. The molecule has 1 unspecified atom stereocenters. The summed E-state index contributed by atoms with van der Waals surface area (Å²) >= 11 is 0. The molecule has 6 nitrogen and oxygen atoms in total. The number of benzene rings is 2. The van der Waals surface area contributed by atoms with Crippen LogP contribution in [0, 0.1) is 0 Å². The van der Waals surface area contributed by atoms with Crippen molar-refractivity contribution < 1.29 is 9.59 Å². The molecule has 1 atom stereocenters. The molecule has 0 aliphatic rings. The van der Waals surface area contributed by atoms with E-state index < -0.39 is 6.04 Å². The number of carbonyl (C=O) groups excluding carboxylic acids is 2. The number of hydrogen-bond donors (Lipinski definition) is 3. The second-order valence-corrected chi connectivity index (χ2v) is 7.03. The summed E-state index contributed by atoms with van der Waals surface area (Å²) in [7, 11) is 0. The Kier molecular flexibility index (Phi) is 6.54. The first-order valence-electron chi connectivity index (χ1n) is 9.99. The number of hydrogen-bond acceptors (Lipinski definition) is 3. The first-order chi connectivity index (χ1) is 14.0. The number of rotatable bonds is 8. The summed E-state index contributed by atoms with van der Waals surface area (Å²) in [5.41, 5.74) is 3.83. The molecule has 2 aromatic carbocycles. The largest absolute Gasteiger partial charge is 0.372 e. The second kappa shape index (κ2) is 9.28. The predicted octanol–water partition coefficient (Wildman–Crippen LogP) is 3.70. The Bertz CT molecular complexity index is 974. The van der Waals surface area contributed by atoms with Gasteiger partial charge in [-0.2, -0.15) is 0 Å². The van der Waals surface area contributed by atoms with Crippen LogP contribution in [0.4, 0.5) is 11.4 Å². The van der Waals surface area contributed by atoms with Gasteiger partial charge in [0.05, 0.1) is 0 Å². The summed E-state index contributed by atoms with van der Waals surface area (Å²) in [5.74, 6) is -0.469. The van der Waals surface area contributed by atoms with E-state index in [1.807, 2.05) is 54.7 Å². The number of aromatic amines is 1. The number of para-hydroxylation sites is 1. The number of fused-ring (bicyclic) bond motifs is 1. The lowest BCUT2D eigenvalue weighted by molar-refractivity contribution is -0.125. The van der Waals surface area contributed by atoms with Crippen molar-refractivity contribution in [2.75, 3.05) is 23.3 Å². The zero-order chi connectivity index (χ0) is 20.8. The van der Waals surface area contributed by atoms with Crippen molar-refractivity contribution in [1.29, 1.82) is 0 Å². The van der Waals surface area contributed by atoms with Crippen molar-refractivity contribution in [3.05, 3.63) is 60.3 Å². The molecule has 2 amide bonds. The van der Waals surface area contributed by atoms with Crippen molar-refractivity contribution in [3.8, 4) is 0 Å². The van der Waals surface area contributed by atoms with Crippen molar-refractivity contribution in [1.82, 2.24) is 10.3 Å². The van der Waals surface area contributed by atoms with Gasteiger partial charge >= 0.3 is 0 Å². The van der Waals surface area contributed by atoms with Gasteiger partial charge in [-0.15, -0.1) is 0 Å². The summed E-state index contributed by atoms with van der Waals surface area (Å²) in [6, 6.07) is 15.0. The highest BCUT2D eigenvalue weighted by Gasteiger charge is 2.21. The van der Waals surface area contributed by atoms with E-state index in [1.54, 1.807) is 0 Å². The Hall–Kier alpha value is -3.28. The molecule has 0 saturated heterocycles. The molecule has 29 heavy (non-hydrogen) atoms. The highest BCUT2D eigenvalue weighted by molar-refractivity contribution is 5.97. The molecule has 3 N–H and O–H groups in total. The number of nitrogens with zero attached hydrogens (tertiary/aromatic N) is 1. The first kappa shape index (κ1) is 20.5. The van der Waals surface area contributed by atoms with Gasteiger partial charge in [0.25, 0.3) is 0 Å². The number of amides is 2. The Morgan fingerprint density at radius 2 is 1.72 bits per heavy atom. The van der Waals surface area contributed by atoms with E-state index in [0.29, 0.717) is 12.1 Å². The van der Waals surface area contributed by atoms with Crippen LogP contribution in [-0.4, -0.2) is 35.9 Å². The molecule has 3 aromatic rings. The van der Waals surface area contributed by atoms with Gasteiger partial charge in [-0.05, 0) is 49.7 Å². The van der Waals surface area contributed by atoms with E-state index in [1.165, 1.54) is 6.92 Å². The van der Waals surface area contributed by atoms with E-state index >= 15 is 0 Å². The van der Waals surface area contributed by atoms with Gasteiger partial charge in [-0.3, -0.25) is 9.59 Å². The van der Waals surface area contributed by atoms with Crippen LogP contribution in [0.1, 0.15) is 26.3 Å². The van der Waals surface area contributed by atoms with Crippen molar-refractivity contribution in [2.24, 2.45) is 0 Å². The average molecular weight is 393 g/mol. The van der Waals surface area contributed by atoms with Crippen LogP contribution in [0.3, 0.4) is 0 Å². The zero-order valence-electron chi connectivity index (χ0n) is 17.2. The van der Waals surface area contributed by atoms with Gasteiger partial charge in [0.15, 0.2) is 0 Å². The first-order valence-corrected chi connectivity index (χ1v) is 9.99. The second-order valence-electron chi connectivity index (χ2n) is 7.03. The molecule has 1 aromatic heterocycles. The standard InChI is InChI=1S/C23H28N4O2/c1-4-27(5-2)19-12-10-18(11-13-19)26-23(29)22(25-16(3)28)14-17-15-24-21-9-7-6-8-20(17)21/h6-13,15,22,24H,4-5,14H2,1-3H3,(H,25,28)(H,26,29). The molecule has 0 spiro atoms. The van der Waals surface area contributed by atoms with Crippen molar-refractivity contribution in [2.45, 2.75) is 33.2 Å². The molecule has 6 heteroatoms. The van der Waals surface area contributed by atoms with Crippen LogP contribution in [-0.2, 0) is 16.0 Å². The van der Waals surface area contributed by atoms with Crippen LogP contribution in [0.25, 0.3) is 10.9 Å². The Labute approximate surface area is 171 Å². The van der Waals surface area contributed by atoms with E-state index in [9.17, 15) is 9.59 Å². The Morgan fingerprint density at radius 1 is 1.03 bits per heavy atom.